The van der Waals surface area contributed by atoms with Gasteiger partial charge in [0.2, 0.25) is 5.91 Å². The van der Waals surface area contributed by atoms with E-state index in [1.165, 1.54) is 25.9 Å². The van der Waals surface area contributed by atoms with Crippen LogP contribution in [0.3, 0.4) is 0 Å². The lowest BCUT2D eigenvalue weighted by Gasteiger charge is -2.40. The van der Waals surface area contributed by atoms with Crippen molar-refractivity contribution in [1.29, 1.82) is 0 Å². The van der Waals surface area contributed by atoms with Crippen LogP contribution in [-0.2, 0) is 9.53 Å². The highest BCUT2D eigenvalue weighted by atomic mass is 16.6. The minimum Gasteiger partial charge on any atom is -0.444 e. The van der Waals surface area contributed by atoms with Crippen LogP contribution >= 0.6 is 0 Å². The van der Waals surface area contributed by atoms with Crippen molar-refractivity contribution >= 4 is 12.0 Å². The lowest BCUT2D eigenvalue weighted by Crippen LogP contribution is -2.55. The molecule has 2 rings (SSSR count). The number of carbonyl (C=O) groups is 2. The average molecular weight is 397 g/mol. The molecule has 7 heteroatoms. The van der Waals surface area contributed by atoms with Crippen LogP contribution in [0.4, 0.5) is 4.79 Å². The number of carbonyl (C=O) groups excluding carboxylic acids is 2. The van der Waals surface area contributed by atoms with Crippen molar-refractivity contribution in [3.8, 4) is 0 Å². The number of piperidine rings is 2. The van der Waals surface area contributed by atoms with Gasteiger partial charge in [0.25, 0.3) is 0 Å². The molecule has 0 aliphatic carbocycles. The summed E-state index contributed by atoms with van der Waals surface area (Å²) in [5, 5.41) is 2.78. The predicted octanol–water partition coefficient (Wildman–Crippen LogP) is 2.02. The molecule has 0 aromatic heterocycles. The molecule has 0 radical (unpaired) electrons. The summed E-state index contributed by atoms with van der Waals surface area (Å²) in [6, 6.07) is -0.579. The van der Waals surface area contributed by atoms with Gasteiger partial charge in [-0.1, -0.05) is 0 Å². The van der Waals surface area contributed by atoms with E-state index in [1.807, 2.05) is 44.7 Å². The number of nitrogens with zero attached hydrogens (tertiary/aromatic N) is 3. The molecule has 0 unspecified atom stereocenters. The van der Waals surface area contributed by atoms with Crippen molar-refractivity contribution in [2.75, 3.05) is 53.9 Å². The first kappa shape index (κ1) is 22.9. The Morgan fingerprint density at radius 2 is 1.54 bits per heavy atom. The first-order valence-corrected chi connectivity index (χ1v) is 10.7. The molecule has 2 aliphatic heterocycles. The van der Waals surface area contributed by atoms with Crippen LogP contribution in [0.1, 0.15) is 46.5 Å². The van der Waals surface area contributed by atoms with Gasteiger partial charge in [0.05, 0.1) is 0 Å². The Kier molecular flexibility index (Phi) is 8.13. The van der Waals surface area contributed by atoms with Gasteiger partial charge in [0.15, 0.2) is 0 Å². The second-order valence-corrected chi connectivity index (χ2v) is 9.76. The molecule has 0 spiro atoms. The third kappa shape index (κ3) is 7.24. The maximum Gasteiger partial charge on any atom is 0.408 e. The molecule has 162 valence electrons. The van der Waals surface area contributed by atoms with E-state index >= 15 is 0 Å². The van der Waals surface area contributed by atoms with Crippen molar-refractivity contribution in [3.63, 3.8) is 0 Å². The van der Waals surface area contributed by atoms with E-state index in [9.17, 15) is 9.59 Å². The fraction of sp³-hybridized carbons (Fsp3) is 0.905. The van der Waals surface area contributed by atoms with Crippen LogP contribution < -0.4 is 5.32 Å². The van der Waals surface area contributed by atoms with Crippen LogP contribution in [0.5, 0.6) is 0 Å². The second-order valence-electron chi connectivity index (χ2n) is 9.76. The summed E-state index contributed by atoms with van der Waals surface area (Å²) < 4.78 is 5.35. The minimum absolute atomic E-state index is 0.00128. The fourth-order valence-corrected chi connectivity index (χ4v) is 4.31. The Hall–Kier alpha value is -1.34. The molecule has 2 heterocycles. The highest BCUT2D eigenvalue weighted by Crippen LogP contribution is 2.32. The molecule has 0 saturated carbocycles. The quantitative estimate of drug-likeness (QED) is 0.770. The monoisotopic (exact) mass is 396 g/mol. The van der Waals surface area contributed by atoms with Gasteiger partial charge in [-0.3, -0.25) is 4.79 Å². The Morgan fingerprint density at radius 1 is 1.04 bits per heavy atom. The van der Waals surface area contributed by atoms with Crippen LogP contribution in [-0.4, -0.2) is 92.2 Å². The highest BCUT2D eigenvalue weighted by molar-refractivity contribution is 5.86. The number of hydrogen-bond acceptors (Lipinski definition) is 5. The first-order chi connectivity index (χ1) is 13.0. The second kappa shape index (κ2) is 9.92. The number of nitrogens with one attached hydrogen (secondary N) is 1. The van der Waals surface area contributed by atoms with Gasteiger partial charge in [0.1, 0.15) is 11.6 Å². The number of rotatable bonds is 5. The number of amides is 2. The average Bonchev–Trinajstić information content (AvgIpc) is 2.59. The molecule has 2 saturated heterocycles. The van der Waals surface area contributed by atoms with Crippen molar-refractivity contribution in [2.45, 2.75) is 58.1 Å². The van der Waals surface area contributed by atoms with E-state index in [4.69, 9.17) is 4.74 Å². The first-order valence-electron chi connectivity index (χ1n) is 10.7. The molecule has 1 atom stereocenters. The molecule has 2 aliphatic rings. The topological polar surface area (TPSA) is 65.1 Å². The smallest absolute Gasteiger partial charge is 0.408 e. The summed E-state index contributed by atoms with van der Waals surface area (Å²) in [7, 11) is 6.01. The Bertz CT molecular complexity index is 516. The van der Waals surface area contributed by atoms with Crippen LogP contribution in [0.25, 0.3) is 0 Å². The molecule has 2 amide bonds. The highest BCUT2D eigenvalue weighted by Gasteiger charge is 2.33. The number of likely N-dealkylation sites (tertiary alicyclic amines) is 2. The zero-order valence-electron chi connectivity index (χ0n) is 18.7. The van der Waals surface area contributed by atoms with Gasteiger partial charge in [-0.2, -0.15) is 0 Å². The lowest BCUT2D eigenvalue weighted by atomic mass is 9.79. The largest absolute Gasteiger partial charge is 0.444 e. The van der Waals surface area contributed by atoms with Gasteiger partial charge in [-0.25, -0.2) is 4.79 Å². The van der Waals surface area contributed by atoms with Gasteiger partial charge in [-0.15, -0.1) is 0 Å². The Labute approximate surface area is 170 Å². The third-order valence-electron chi connectivity index (χ3n) is 5.82. The lowest BCUT2D eigenvalue weighted by molar-refractivity contribution is -0.135. The Balaban J connectivity index is 1.89. The summed E-state index contributed by atoms with van der Waals surface area (Å²) in [6.45, 7) is 9.89. The molecule has 2 fully saturated rings. The molecule has 0 aromatic carbocycles. The molecule has 7 nitrogen and oxygen atoms in total. The predicted molar refractivity (Wildman–Crippen MR) is 111 cm³/mol. The summed E-state index contributed by atoms with van der Waals surface area (Å²) in [5.41, 5.74) is -0.581. The standard InChI is InChI=1S/C21H40N4O3/c1-21(2,3)28-20(27)22-18(15-23(4)5)19(26)25-13-9-17(10-14-25)16-7-11-24(6)12-8-16/h16-18H,7-15H2,1-6H3,(H,22,27)/t18-/m1/s1. The summed E-state index contributed by atoms with van der Waals surface area (Å²) in [4.78, 5) is 31.5. The van der Waals surface area contributed by atoms with Crippen molar-refractivity contribution in [1.82, 2.24) is 20.0 Å². The van der Waals surface area contributed by atoms with Crippen molar-refractivity contribution in [3.05, 3.63) is 0 Å². The van der Waals surface area contributed by atoms with Crippen LogP contribution in [0.2, 0.25) is 0 Å². The van der Waals surface area contributed by atoms with Gasteiger partial charge >= 0.3 is 6.09 Å². The molecular formula is C21H40N4O3. The molecule has 1 N–H and O–H groups in total. The van der Waals surface area contributed by atoms with Crippen LogP contribution in [0.15, 0.2) is 0 Å². The summed E-state index contributed by atoms with van der Waals surface area (Å²) in [6.07, 6.45) is 4.16. The van der Waals surface area contributed by atoms with Gasteiger partial charge in [0, 0.05) is 19.6 Å². The zero-order valence-corrected chi connectivity index (χ0v) is 18.7. The van der Waals surface area contributed by atoms with E-state index in [1.54, 1.807) is 0 Å². The van der Waals surface area contributed by atoms with Crippen LogP contribution in [0, 0.1) is 11.8 Å². The molecule has 0 bridgehead atoms. The third-order valence-corrected chi connectivity index (χ3v) is 5.82. The molecule has 0 aromatic rings. The van der Waals surface area contributed by atoms with E-state index < -0.39 is 17.7 Å². The van der Waals surface area contributed by atoms with Crippen molar-refractivity contribution < 1.29 is 14.3 Å². The molecular weight excluding hydrogens is 356 g/mol. The summed E-state index contributed by atoms with van der Waals surface area (Å²) >= 11 is 0. The van der Waals surface area contributed by atoms with Gasteiger partial charge in [-0.05, 0) is 92.5 Å². The summed E-state index contributed by atoms with van der Waals surface area (Å²) in [5.74, 6) is 1.52. The van der Waals surface area contributed by atoms with Gasteiger partial charge < -0.3 is 24.8 Å². The van der Waals surface area contributed by atoms with E-state index in [0.29, 0.717) is 6.54 Å². The number of alkyl carbamates (subject to hydrolysis) is 1. The Morgan fingerprint density at radius 3 is 2.00 bits per heavy atom. The number of hydrogen-bond donors (Lipinski definition) is 1. The van der Waals surface area contributed by atoms with E-state index in [-0.39, 0.29) is 5.91 Å². The maximum atomic E-state index is 13.1. The minimum atomic E-state index is -0.581. The maximum absolute atomic E-state index is 13.1. The number of ether oxygens (including phenoxy) is 1. The normalized spacial score (nSPS) is 21.6. The van der Waals surface area contributed by atoms with Crippen molar-refractivity contribution in [2.24, 2.45) is 11.8 Å². The van der Waals surface area contributed by atoms with E-state index in [0.717, 1.165) is 37.8 Å². The SMILES string of the molecule is CN(C)C[C@@H](NC(=O)OC(C)(C)C)C(=O)N1CCC(C2CCN(C)CC2)CC1. The zero-order chi connectivity index (χ0) is 20.9. The molecule has 28 heavy (non-hydrogen) atoms. The van der Waals surface area contributed by atoms with E-state index in [2.05, 4.69) is 17.3 Å². The fourth-order valence-electron chi connectivity index (χ4n) is 4.31. The number of likely N-dealkylation sites (N-methyl/N-ethyl adjacent to an activating group) is 1.